The topological polar surface area (TPSA) is 69.6 Å². The minimum atomic E-state index is 0.292. The second kappa shape index (κ2) is 6.04. The van der Waals surface area contributed by atoms with Crippen molar-refractivity contribution in [3.8, 4) is 0 Å². The zero-order valence-electron chi connectivity index (χ0n) is 11.0. The lowest BCUT2D eigenvalue weighted by Gasteiger charge is -2.25. The summed E-state index contributed by atoms with van der Waals surface area (Å²) in [6.45, 7) is 1.26. The maximum Gasteiger partial charge on any atom is 0.165 e. The van der Waals surface area contributed by atoms with Crippen LogP contribution < -0.4 is 9.44 Å². The Bertz CT molecular complexity index is 554. The van der Waals surface area contributed by atoms with Crippen LogP contribution in [0, 0.1) is 0 Å². The molecule has 1 atom stereocenters. The Morgan fingerprint density at radius 1 is 1.60 bits per heavy atom. The molecule has 0 aliphatic carbocycles. The van der Waals surface area contributed by atoms with Gasteiger partial charge >= 0.3 is 0 Å². The standard InChI is InChI=1S/C12H15N5OS2/c1-13-20-16-9-4-10-8(7-18)5-15-11(17(10)6-9)12-14-2-3-19-12/h2-3,7,9,13,16H,4-6H2,1H3. The highest BCUT2D eigenvalue weighted by molar-refractivity contribution is 7.95. The van der Waals surface area contributed by atoms with Crippen LogP contribution in [0.25, 0.3) is 0 Å². The maximum absolute atomic E-state index is 11.2. The molecule has 0 radical (unpaired) electrons. The van der Waals surface area contributed by atoms with Crippen molar-refractivity contribution in [3.05, 3.63) is 27.9 Å². The number of aliphatic imine (C=N–C) groups is 1. The van der Waals surface area contributed by atoms with Crippen molar-refractivity contribution in [2.45, 2.75) is 12.5 Å². The van der Waals surface area contributed by atoms with Crippen LogP contribution in [0.3, 0.4) is 0 Å². The fraction of sp³-hybridized carbons (Fsp3) is 0.417. The highest BCUT2D eigenvalue weighted by Crippen LogP contribution is 2.30. The molecule has 0 aromatic carbocycles. The Balaban J connectivity index is 1.85. The summed E-state index contributed by atoms with van der Waals surface area (Å²) in [6, 6.07) is 0.292. The minimum Gasteiger partial charge on any atom is -0.326 e. The molecule has 2 N–H and O–H groups in total. The van der Waals surface area contributed by atoms with Gasteiger partial charge in [0.1, 0.15) is 6.29 Å². The van der Waals surface area contributed by atoms with Crippen molar-refractivity contribution in [2.75, 3.05) is 20.1 Å². The van der Waals surface area contributed by atoms with Gasteiger partial charge in [-0.1, -0.05) is 0 Å². The van der Waals surface area contributed by atoms with E-state index in [1.807, 2.05) is 12.4 Å². The molecule has 1 unspecified atom stereocenters. The van der Waals surface area contributed by atoms with Gasteiger partial charge in [0.2, 0.25) is 0 Å². The summed E-state index contributed by atoms with van der Waals surface area (Å²) < 4.78 is 6.34. The number of carbonyl (C=O) groups is 1. The number of hydrogen-bond donors (Lipinski definition) is 2. The zero-order valence-corrected chi connectivity index (χ0v) is 12.6. The molecule has 1 fully saturated rings. The number of fused-ring (bicyclic) bond motifs is 1. The van der Waals surface area contributed by atoms with Crippen LogP contribution in [0.4, 0.5) is 0 Å². The largest absolute Gasteiger partial charge is 0.326 e. The Hall–Kier alpha value is -1.22. The van der Waals surface area contributed by atoms with Crippen LogP contribution in [0.1, 0.15) is 11.4 Å². The molecule has 1 aromatic rings. The third-order valence-electron chi connectivity index (χ3n) is 3.29. The van der Waals surface area contributed by atoms with Gasteiger partial charge in [-0.25, -0.2) is 9.71 Å². The Kier molecular flexibility index (Phi) is 4.16. The lowest BCUT2D eigenvalue weighted by molar-refractivity contribution is -0.105. The molecule has 3 rings (SSSR count). The van der Waals surface area contributed by atoms with Crippen LogP contribution in [0.5, 0.6) is 0 Å². The number of amidine groups is 1. The summed E-state index contributed by atoms with van der Waals surface area (Å²) in [5.41, 5.74) is 1.86. The van der Waals surface area contributed by atoms with Crippen LogP contribution >= 0.6 is 23.5 Å². The van der Waals surface area contributed by atoms with Gasteiger partial charge in [-0.05, 0) is 7.05 Å². The Morgan fingerprint density at radius 3 is 3.20 bits per heavy atom. The molecule has 0 saturated carbocycles. The Labute approximate surface area is 125 Å². The number of nitrogens with zero attached hydrogens (tertiary/aromatic N) is 3. The molecular weight excluding hydrogens is 294 g/mol. The predicted octanol–water partition coefficient (Wildman–Crippen LogP) is 0.803. The van der Waals surface area contributed by atoms with Crippen molar-refractivity contribution in [1.29, 1.82) is 0 Å². The highest BCUT2D eigenvalue weighted by Gasteiger charge is 2.35. The number of aromatic nitrogens is 1. The van der Waals surface area contributed by atoms with Crippen molar-refractivity contribution >= 4 is 35.6 Å². The first-order chi connectivity index (χ1) is 9.83. The summed E-state index contributed by atoms with van der Waals surface area (Å²) in [7, 11) is 1.87. The average molecular weight is 309 g/mol. The van der Waals surface area contributed by atoms with E-state index in [0.717, 1.165) is 41.4 Å². The molecule has 1 saturated heterocycles. The van der Waals surface area contributed by atoms with Gasteiger partial charge in [0, 0.05) is 54.0 Å². The van der Waals surface area contributed by atoms with Gasteiger partial charge in [-0.15, -0.1) is 11.3 Å². The zero-order chi connectivity index (χ0) is 13.9. The normalized spacial score (nSPS) is 21.9. The van der Waals surface area contributed by atoms with Gasteiger partial charge in [0.05, 0.1) is 6.54 Å². The quantitative estimate of drug-likeness (QED) is 0.619. The second-order valence-corrected chi connectivity index (χ2v) is 6.25. The number of aldehydes is 1. The van der Waals surface area contributed by atoms with E-state index in [1.165, 1.54) is 12.1 Å². The van der Waals surface area contributed by atoms with E-state index in [4.69, 9.17) is 0 Å². The smallest absolute Gasteiger partial charge is 0.165 e. The van der Waals surface area contributed by atoms with Crippen molar-refractivity contribution < 1.29 is 4.79 Å². The average Bonchev–Trinajstić information content (AvgIpc) is 3.13. The Morgan fingerprint density at radius 2 is 2.50 bits per heavy atom. The third kappa shape index (κ3) is 2.51. The number of rotatable bonds is 5. The summed E-state index contributed by atoms with van der Waals surface area (Å²) in [5, 5.41) is 2.86. The number of hydrogen-bond acceptors (Lipinski definition) is 8. The molecule has 2 aliphatic heterocycles. The van der Waals surface area contributed by atoms with Crippen LogP contribution in [0.2, 0.25) is 0 Å². The molecule has 6 nitrogen and oxygen atoms in total. The van der Waals surface area contributed by atoms with Gasteiger partial charge in [0.15, 0.2) is 10.8 Å². The molecule has 8 heteroatoms. The molecule has 0 bridgehead atoms. The monoisotopic (exact) mass is 309 g/mol. The van der Waals surface area contributed by atoms with Crippen LogP contribution in [-0.4, -0.2) is 48.2 Å². The van der Waals surface area contributed by atoms with E-state index >= 15 is 0 Å². The molecule has 2 aliphatic rings. The van der Waals surface area contributed by atoms with Gasteiger partial charge in [0.25, 0.3) is 0 Å². The van der Waals surface area contributed by atoms with Crippen molar-refractivity contribution in [2.24, 2.45) is 4.99 Å². The number of thiazole rings is 1. The maximum atomic E-state index is 11.2. The minimum absolute atomic E-state index is 0.292. The lowest BCUT2D eigenvalue weighted by atomic mass is 10.1. The van der Waals surface area contributed by atoms with E-state index in [-0.39, 0.29) is 0 Å². The van der Waals surface area contributed by atoms with Crippen LogP contribution in [0.15, 0.2) is 27.8 Å². The number of nitrogens with one attached hydrogen (secondary N) is 2. The number of carbonyl (C=O) groups excluding carboxylic acids is 1. The van der Waals surface area contributed by atoms with E-state index in [0.29, 0.717) is 12.6 Å². The summed E-state index contributed by atoms with van der Waals surface area (Å²) in [4.78, 5) is 22.2. The molecule has 1 aromatic heterocycles. The van der Waals surface area contributed by atoms with Crippen LogP contribution in [-0.2, 0) is 4.79 Å². The van der Waals surface area contributed by atoms with E-state index in [9.17, 15) is 4.79 Å². The molecule has 0 amide bonds. The van der Waals surface area contributed by atoms with Gasteiger partial charge in [-0.2, -0.15) is 0 Å². The summed E-state index contributed by atoms with van der Waals surface area (Å²) in [6.07, 6.45) is 3.55. The first-order valence-electron chi connectivity index (χ1n) is 6.30. The van der Waals surface area contributed by atoms with E-state index in [1.54, 1.807) is 17.5 Å². The summed E-state index contributed by atoms with van der Waals surface area (Å²) in [5.74, 6) is 0.888. The fourth-order valence-corrected chi connectivity index (χ4v) is 3.53. The fourth-order valence-electron chi connectivity index (χ4n) is 2.44. The molecule has 106 valence electrons. The first-order valence-corrected chi connectivity index (χ1v) is 8.00. The van der Waals surface area contributed by atoms with Crippen molar-refractivity contribution in [3.63, 3.8) is 0 Å². The van der Waals surface area contributed by atoms with Gasteiger partial charge in [-0.3, -0.25) is 14.5 Å². The molecule has 3 heterocycles. The van der Waals surface area contributed by atoms with Crippen molar-refractivity contribution in [1.82, 2.24) is 19.3 Å². The second-order valence-electron chi connectivity index (χ2n) is 4.50. The lowest BCUT2D eigenvalue weighted by Crippen LogP contribution is -2.35. The SMILES string of the molecule is CNSNC1CC2=C(C=O)CN=C(c3nccs3)N2C1. The highest BCUT2D eigenvalue weighted by atomic mass is 32.2. The summed E-state index contributed by atoms with van der Waals surface area (Å²) >= 11 is 3.04. The third-order valence-corrected chi connectivity index (χ3v) is 4.71. The first kappa shape index (κ1) is 13.7. The van der Waals surface area contributed by atoms with E-state index in [2.05, 4.69) is 24.3 Å². The molecule has 20 heavy (non-hydrogen) atoms. The molecule has 0 spiro atoms. The predicted molar refractivity (Wildman–Crippen MR) is 81.5 cm³/mol. The molecular formula is C12H15N5OS2. The van der Waals surface area contributed by atoms with E-state index < -0.39 is 0 Å². The van der Waals surface area contributed by atoms with Gasteiger partial charge < -0.3 is 4.90 Å².